The van der Waals surface area contributed by atoms with Gasteiger partial charge in [0.1, 0.15) is 6.04 Å². The zero-order chi connectivity index (χ0) is 25.6. The number of aryl methyl sites for hydroxylation is 1. The molecule has 1 atom stereocenters. The molecule has 1 saturated carbocycles. The van der Waals surface area contributed by atoms with Crippen LogP contribution in [0.5, 0.6) is 0 Å². The molecule has 0 aliphatic heterocycles. The average Bonchev–Trinajstić information content (AvgIpc) is 2.82. The van der Waals surface area contributed by atoms with E-state index in [2.05, 4.69) is 50.4 Å². The van der Waals surface area contributed by atoms with E-state index in [0.29, 0.717) is 22.9 Å². The minimum atomic E-state index is -0.598. The molecule has 1 N–H and O–H groups in total. The fourth-order valence-electron chi connectivity index (χ4n) is 4.55. The molecule has 1 aliphatic carbocycles. The minimum absolute atomic E-state index is 0.0674. The molecule has 0 unspecified atom stereocenters. The highest BCUT2D eigenvalue weighted by molar-refractivity contribution is 6.35. The summed E-state index contributed by atoms with van der Waals surface area (Å²) in [5.41, 5.74) is 3.23. The molecule has 3 rings (SSSR count). The lowest BCUT2D eigenvalue weighted by molar-refractivity contribution is -0.141. The third-order valence-corrected chi connectivity index (χ3v) is 7.51. The number of halogens is 2. The molecule has 4 nitrogen and oxygen atoms in total. The molecule has 2 aromatic carbocycles. The predicted molar refractivity (Wildman–Crippen MR) is 145 cm³/mol. The summed E-state index contributed by atoms with van der Waals surface area (Å²) in [6, 6.07) is 13.3. The van der Waals surface area contributed by atoms with Crippen LogP contribution in [0.15, 0.2) is 42.5 Å². The van der Waals surface area contributed by atoms with E-state index < -0.39 is 6.04 Å². The first-order valence-corrected chi connectivity index (χ1v) is 13.4. The molecule has 0 radical (unpaired) electrons. The van der Waals surface area contributed by atoms with Crippen LogP contribution in [0.25, 0.3) is 0 Å². The Kier molecular flexibility index (Phi) is 9.66. The average molecular weight is 518 g/mol. The van der Waals surface area contributed by atoms with Gasteiger partial charge in [-0.2, -0.15) is 0 Å². The molecule has 0 aromatic heterocycles. The second kappa shape index (κ2) is 12.3. The van der Waals surface area contributed by atoms with E-state index in [9.17, 15) is 9.59 Å². The molecule has 0 saturated heterocycles. The summed E-state index contributed by atoms with van der Waals surface area (Å²) in [4.78, 5) is 28.2. The molecule has 1 fully saturated rings. The summed E-state index contributed by atoms with van der Waals surface area (Å²) >= 11 is 12.5. The lowest BCUT2D eigenvalue weighted by atomic mass is 9.86. The van der Waals surface area contributed by atoms with Crippen LogP contribution >= 0.6 is 23.2 Å². The topological polar surface area (TPSA) is 49.4 Å². The molecule has 1 aliphatic rings. The van der Waals surface area contributed by atoms with Gasteiger partial charge in [0.25, 0.3) is 0 Å². The van der Waals surface area contributed by atoms with E-state index >= 15 is 0 Å². The van der Waals surface area contributed by atoms with Crippen molar-refractivity contribution in [3.8, 4) is 0 Å². The number of nitrogens with zero attached hydrogens (tertiary/aromatic N) is 1. The van der Waals surface area contributed by atoms with Gasteiger partial charge in [0, 0.05) is 29.1 Å². The van der Waals surface area contributed by atoms with Crippen LogP contribution < -0.4 is 5.32 Å². The number of carbonyl (C=O) groups excluding carboxylic acids is 2. The lowest BCUT2D eigenvalue weighted by Gasteiger charge is -2.31. The number of rotatable bonds is 8. The summed E-state index contributed by atoms with van der Waals surface area (Å²) in [5.74, 6) is -0.174. The van der Waals surface area contributed by atoms with Crippen LogP contribution in [0.4, 0.5) is 0 Å². The number of nitrogens with one attached hydrogen (secondary N) is 1. The molecule has 6 heteroatoms. The van der Waals surface area contributed by atoms with Gasteiger partial charge in [0.2, 0.25) is 11.8 Å². The van der Waals surface area contributed by atoms with E-state index in [1.165, 1.54) is 12.0 Å². The Morgan fingerprint density at radius 2 is 1.69 bits per heavy atom. The maximum Gasteiger partial charge on any atom is 0.242 e. The fraction of sp³-hybridized carbons (Fsp3) is 0.517. The first kappa shape index (κ1) is 27.5. The summed E-state index contributed by atoms with van der Waals surface area (Å²) in [5, 5.41) is 4.20. The summed E-state index contributed by atoms with van der Waals surface area (Å²) in [7, 11) is 0. The van der Waals surface area contributed by atoms with Crippen LogP contribution in [0.1, 0.15) is 82.9 Å². The number of amides is 2. The monoisotopic (exact) mass is 516 g/mol. The first-order valence-electron chi connectivity index (χ1n) is 12.7. The van der Waals surface area contributed by atoms with E-state index in [-0.39, 0.29) is 29.8 Å². The van der Waals surface area contributed by atoms with Crippen molar-refractivity contribution in [3.05, 3.63) is 69.2 Å². The minimum Gasteiger partial charge on any atom is -0.352 e. The van der Waals surface area contributed by atoms with Crippen molar-refractivity contribution in [2.24, 2.45) is 0 Å². The number of carbonyl (C=O) groups is 2. The Balaban J connectivity index is 1.72. The zero-order valence-electron chi connectivity index (χ0n) is 21.4. The van der Waals surface area contributed by atoms with Gasteiger partial charge in [-0.05, 0) is 60.4 Å². The quantitative estimate of drug-likeness (QED) is 0.407. The second-order valence-electron chi connectivity index (χ2n) is 10.7. The van der Waals surface area contributed by atoms with E-state index in [1.54, 1.807) is 24.0 Å². The van der Waals surface area contributed by atoms with Crippen molar-refractivity contribution in [2.75, 3.05) is 0 Å². The zero-order valence-corrected chi connectivity index (χ0v) is 22.9. The van der Waals surface area contributed by atoms with Gasteiger partial charge in [0.15, 0.2) is 0 Å². The largest absolute Gasteiger partial charge is 0.352 e. The first-order chi connectivity index (χ1) is 16.5. The molecule has 0 heterocycles. The van der Waals surface area contributed by atoms with Crippen molar-refractivity contribution in [1.82, 2.24) is 10.2 Å². The highest BCUT2D eigenvalue weighted by atomic mass is 35.5. The molecule has 2 amide bonds. The van der Waals surface area contributed by atoms with Crippen LogP contribution in [-0.4, -0.2) is 28.8 Å². The Labute approximate surface area is 220 Å². The predicted octanol–water partition coefficient (Wildman–Crippen LogP) is 7.09. The Hall–Kier alpha value is -2.04. The Morgan fingerprint density at radius 1 is 1.03 bits per heavy atom. The van der Waals surface area contributed by atoms with Crippen molar-refractivity contribution < 1.29 is 9.59 Å². The van der Waals surface area contributed by atoms with Gasteiger partial charge < -0.3 is 10.2 Å². The van der Waals surface area contributed by atoms with Gasteiger partial charge in [-0.25, -0.2) is 0 Å². The van der Waals surface area contributed by atoms with Crippen molar-refractivity contribution in [3.63, 3.8) is 0 Å². The molecular weight excluding hydrogens is 479 g/mol. The van der Waals surface area contributed by atoms with Gasteiger partial charge in [-0.15, -0.1) is 0 Å². The fourth-order valence-corrected chi connectivity index (χ4v) is 5.02. The molecule has 0 spiro atoms. The summed E-state index contributed by atoms with van der Waals surface area (Å²) in [6.45, 7) is 8.62. The summed E-state index contributed by atoms with van der Waals surface area (Å²) < 4.78 is 0. The third kappa shape index (κ3) is 7.98. The third-order valence-electron chi connectivity index (χ3n) is 6.92. The van der Waals surface area contributed by atoms with Gasteiger partial charge in [-0.1, -0.05) is 93.6 Å². The smallest absolute Gasteiger partial charge is 0.242 e. The normalized spacial score (nSPS) is 15.5. The molecule has 0 bridgehead atoms. The van der Waals surface area contributed by atoms with Crippen molar-refractivity contribution in [1.29, 1.82) is 0 Å². The number of hydrogen-bond acceptors (Lipinski definition) is 2. The van der Waals surface area contributed by atoms with Gasteiger partial charge in [0.05, 0.1) is 0 Å². The SMILES string of the molecule is C[C@H](C(=O)NC1CCCCC1)N(Cc1ccc(Cl)cc1Cl)C(=O)CCc1ccc(C(C)(C)C)cc1. The van der Waals surface area contributed by atoms with Gasteiger partial charge in [-0.3, -0.25) is 9.59 Å². The maximum absolute atomic E-state index is 13.4. The number of hydrogen-bond donors (Lipinski definition) is 1. The van der Waals surface area contributed by atoms with E-state index in [1.807, 2.05) is 6.07 Å². The maximum atomic E-state index is 13.4. The number of benzene rings is 2. The summed E-state index contributed by atoms with van der Waals surface area (Å²) in [6.07, 6.45) is 6.43. The Bertz CT molecular complexity index is 1010. The molecule has 2 aromatic rings. The van der Waals surface area contributed by atoms with Crippen LogP contribution in [0, 0.1) is 0 Å². The highest BCUT2D eigenvalue weighted by Crippen LogP contribution is 2.25. The Morgan fingerprint density at radius 3 is 2.29 bits per heavy atom. The van der Waals surface area contributed by atoms with Crippen LogP contribution in [-0.2, 0) is 28.0 Å². The van der Waals surface area contributed by atoms with Crippen molar-refractivity contribution in [2.45, 2.75) is 96.7 Å². The highest BCUT2D eigenvalue weighted by Gasteiger charge is 2.28. The molecule has 35 heavy (non-hydrogen) atoms. The van der Waals surface area contributed by atoms with E-state index in [4.69, 9.17) is 23.2 Å². The van der Waals surface area contributed by atoms with Crippen LogP contribution in [0.2, 0.25) is 10.0 Å². The van der Waals surface area contributed by atoms with Crippen LogP contribution in [0.3, 0.4) is 0 Å². The lowest BCUT2D eigenvalue weighted by Crippen LogP contribution is -2.50. The molecular formula is C29H38Cl2N2O2. The second-order valence-corrected chi connectivity index (χ2v) is 11.6. The molecule has 190 valence electrons. The van der Waals surface area contributed by atoms with Crippen molar-refractivity contribution >= 4 is 35.0 Å². The standard InChI is InChI=1S/C29H38Cl2N2O2/c1-20(28(35)32-25-8-6-5-7-9-25)33(19-22-13-16-24(30)18-26(22)31)27(34)17-12-21-10-14-23(15-11-21)29(2,3)4/h10-11,13-16,18,20,25H,5-9,12,17,19H2,1-4H3,(H,32,35)/t20-/m1/s1. The van der Waals surface area contributed by atoms with E-state index in [0.717, 1.165) is 36.8 Å². The van der Waals surface area contributed by atoms with Gasteiger partial charge >= 0.3 is 0 Å².